The molecule has 0 N–H and O–H groups in total. The Kier molecular flexibility index (Phi) is 4.64. The number of unbranched alkanes of at least 4 members (excludes halogenated alkanes) is 1. The van der Waals surface area contributed by atoms with Crippen molar-refractivity contribution in [2.45, 2.75) is 39.5 Å². The minimum Gasteiger partial charge on any atom is -0.298 e. The fourth-order valence-corrected chi connectivity index (χ4v) is 1.89. The van der Waals surface area contributed by atoms with Gasteiger partial charge in [0.15, 0.2) is 0 Å². The predicted molar refractivity (Wildman–Crippen MR) is 60.1 cm³/mol. The van der Waals surface area contributed by atoms with E-state index >= 15 is 0 Å². The summed E-state index contributed by atoms with van der Waals surface area (Å²) in [5, 5.41) is 0. The van der Waals surface area contributed by atoms with E-state index in [1.54, 1.807) is 0 Å². The third kappa shape index (κ3) is 2.83. The van der Waals surface area contributed by atoms with E-state index in [0.717, 1.165) is 12.8 Å². The SMILES string of the molecule is CCCCC(CC)C(=O)C1C=CC=C1. The van der Waals surface area contributed by atoms with Crippen LogP contribution in [0.25, 0.3) is 0 Å². The summed E-state index contributed by atoms with van der Waals surface area (Å²) in [4.78, 5) is 12.0. The number of carbonyl (C=O) groups is 1. The second-order valence-corrected chi connectivity index (χ2v) is 3.95. The van der Waals surface area contributed by atoms with Crippen LogP contribution >= 0.6 is 0 Å². The van der Waals surface area contributed by atoms with Gasteiger partial charge in [-0.3, -0.25) is 4.79 Å². The lowest BCUT2D eigenvalue weighted by molar-refractivity contribution is -0.124. The van der Waals surface area contributed by atoms with Crippen molar-refractivity contribution in [1.29, 1.82) is 0 Å². The number of carbonyl (C=O) groups excluding carboxylic acids is 1. The molecule has 0 aliphatic heterocycles. The number of hydrogen-bond donors (Lipinski definition) is 0. The highest BCUT2D eigenvalue weighted by Gasteiger charge is 2.22. The van der Waals surface area contributed by atoms with Crippen LogP contribution in [-0.2, 0) is 4.79 Å². The third-order valence-corrected chi connectivity index (χ3v) is 2.88. The second-order valence-electron chi connectivity index (χ2n) is 3.95. The summed E-state index contributed by atoms with van der Waals surface area (Å²) in [5.41, 5.74) is 0. The molecule has 0 heterocycles. The fraction of sp³-hybridized carbons (Fsp3) is 0.615. The molecule has 0 saturated carbocycles. The number of Topliss-reactive ketones (excluding diaryl/α,β-unsaturated/α-hetero) is 1. The molecule has 1 atom stereocenters. The van der Waals surface area contributed by atoms with Gasteiger partial charge in [-0.15, -0.1) is 0 Å². The summed E-state index contributed by atoms with van der Waals surface area (Å²) in [6.45, 7) is 4.28. The van der Waals surface area contributed by atoms with E-state index in [0.29, 0.717) is 5.78 Å². The van der Waals surface area contributed by atoms with Crippen LogP contribution in [0, 0.1) is 11.8 Å². The minimum atomic E-state index is 0.0665. The Balaban J connectivity index is 2.46. The first-order valence-electron chi connectivity index (χ1n) is 5.68. The van der Waals surface area contributed by atoms with Crippen LogP contribution in [0.4, 0.5) is 0 Å². The van der Waals surface area contributed by atoms with Crippen molar-refractivity contribution in [1.82, 2.24) is 0 Å². The van der Waals surface area contributed by atoms with Crippen molar-refractivity contribution < 1.29 is 4.79 Å². The van der Waals surface area contributed by atoms with Crippen molar-refractivity contribution >= 4 is 5.78 Å². The molecule has 0 aromatic heterocycles. The molecule has 1 unspecified atom stereocenters. The summed E-state index contributed by atoms with van der Waals surface area (Å²) >= 11 is 0. The summed E-state index contributed by atoms with van der Waals surface area (Å²) in [6, 6.07) is 0. The molecule has 1 nitrogen and oxygen atoms in total. The van der Waals surface area contributed by atoms with E-state index in [-0.39, 0.29) is 11.8 Å². The normalized spacial score (nSPS) is 17.6. The molecule has 14 heavy (non-hydrogen) atoms. The highest BCUT2D eigenvalue weighted by atomic mass is 16.1. The molecule has 1 rings (SSSR count). The lowest BCUT2D eigenvalue weighted by atomic mass is 9.88. The Morgan fingerprint density at radius 1 is 1.29 bits per heavy atom. The number of ketones is 1. The van der Waals surface area contributed by atoms with Crippen molar-refractivity contribution in [2.24, 2.45) is 11.8 Å². The summed E-state index contributed by atoms with van der Waals surface area (Å²) in [7, 11) is 0. The van der Waals surface area contributed by atoms with Gasteiger partial charge in [0, 0.05) is 5.92 Å². The fourth-order valence-electron chi connectivity index (χ4n) is 1.89. The minimum absolute atomic E-state index is 0.0665. The molecule has 0 aromatic rings. The molecular weight excluding hydrogens is 172 g/mol. The van der Waals surface area contributed by atoms with Crippen LogP contribution < -0.4 is 0 Å². The van der Waals surface area contributed by atoms with Crippen molar-refractivity contribution in [2.75, 3.05) is 0 Å². The Bertz CT molecular complexity index is 226. The Labute approximate surface area is 86.9 Å². The largest absolute Gasteiger partial charge is 0.298 e. The van der Waals surface area contributed by atoms with E-state index in [9.17, 15) is 4.79 Å². The van der Waals surface area contributed by atoms with Gasteiger partial charge in [0.1, 0.15) is 5.78 Å². The number of allylic oxidation sites excluding steroid dienone is 4. The predicted octanol–water partition coefficient (Wildman–Crippen LogP) is 3.51. The van der Waals surface area contributed by atoms with Crippen molar-refractivity contribution in [3.8, 4) is 0 Å². The Morgan fingerprint density at radius 3 is 2.43 bits per heavy atom. The topological polar surface area (TPSA) is 17.1 Å². The average Bonchev–Trinajstić information content (AvgIpc) is 2.71. The zero-order valence-electron chi connectivity index (χ0n) is 9.20. The Hall–Kier alpha value is -0.850. The molecule has 0 fully saturated rings. The van der Waals surface area contributed by atoms with Crippen LogP contribution in [0.5, 0.6) is 0 Å². The zero-order valence-corrected chi connectivity index (χ0v) is 9.20. The monoisotopic (exact) mass is 192 g/mol. The van der Waals surface area contributed by atoms with Gasteiger partial charge in [-0.2, -0.15) is 0 Å². The molecule has 1 aliphatic rings. The van der Waals surface area contributed by atoms with Gasteiger partial charge in [-0.25, -0.2) is 0 Å². The summed E-state index contributed by atoms with van der Waals surface area (Å²) in [6.07, 6.45) is 12.3. The van der Waals surface area contributed by atoms with Gasteiger partial charge in [0.2, 0.25) is 0 Å². The van der Waals surface area contributed by atoms with E-state index in [1.807, 2.05) is 24.3 Å². The lowest BCUT2D eigenvalue weighted by Gasteiger charge is -2.15. The van der Waals surface area contributed by atoms with Crippen molar-refractivity contribution in [3.05, 3.63) is 24.3 Å². The highest BCUT2D eigenvalue weighted by Crippen LogP contribution is 2.21. The lowest BCUT2D eigenvalue weighted by Crippen LogP contribution is -2.20. The van der Waals surface area contributed by atoms with E-state index in [1.165, 1.54) is 12.8 Å². The maximum atomic E-state index is 12.0. The van der Waals surface area contributed by atoms with Crippen LogP contribution in [0.2, 0.25) is 0 Å². The van der Waals surface area contributed by atoms with Gasteiger partial charge < -0.3 is 0 Å². The number of hydrogen-bond acceptors (Lipinski definition) is 1. The quantitative estimate of drug-likeness (QED) is 0.629. The molecule has 0 bridgehead atoms. The molecule has 78 valence electrons. The van der Waals surface area contributed by atoms with Gasteiger partial charge in [0.25, 0.3) is 0 Å². The smallest absolute Gasteiger partial charge is 0.146 e. The van der Waals surface area contributed by atoms with Crippen LogP contribution in [0.15, 0.2) is 24.3 Å². The van der Waals surface area contributed by atoms with Crippen LogP contribution in [0.1, 0.15) is 39.5 Å². The summed E-state index contributed by atoms with van der Waals surface area (Å²) < 4.78 is 0. The highest BCUT2D eigenvalue weighted by molar-refractivity contribution is 5.87. The zero-order chi connectivity index (χ0) is 10.4. The van der Waals surface area contributed by atoms with Gasteiger partial charge >= 0.3 is 0 Å². The van der Waals surface area contributed by atoms with Crippen LogP contribution in [-0.4, -0.2) is 5.78 Å². The molecule has 0 radical (unpaired) electrons. The van der Waals surface area contributed by atoms with Gasteiger partial charge in [-0.1, -0.05) is 51.0 Å². The maximum absolute atomic E-state index is 12.0. The van der Waals surface area contributed by atoms with E-state index in [4.69, 9.17) is 0 Å². The molecule has 1 heteroatoms. The molecule has 0 amide bonds. The Morgan fingerprint density at radius 2 is 1.93 bits per heavy atom. The number of rotatable bonds is 6. The first-order chi connectivity index (χ1) is 6.79. The average molecular weight is 192 g/mol. The van der Waals surface area contributed by atoms with Gasteiger partial charge in [-0.05, 0) is 12.8 Å². The molecule has 1 aliphatic carbocycles. The first kappa shape index (κ1) is 11.2. The molecular formula is C13H20O. The standard InChI is InChI=1S/C13H20O/c1-3-5-8-11(4-2)13(14)12-9-6-7-10-12/h6-7,9-12H,3-5,8H2,1-2H3. The van der Waals surface area contributed by atoms with Gasteiger partial charge in [0.05, 0.1) is 5.92 Å². The summed E-state index contributed by atoms with van der Waals surface area (Å²) in [5.74, 6) is 0.745. The molecule has 0 saturated heterocycles. The second kappa shape index (κ2) is 5.79. The first-order valence-corrected chi connectivity index (χ1v) is 5.68. The molecule has 0 spiro atoms. The molecule has 0 aromatic carbocycles. The van der Waals surface area contributed by atoms with Crippen LogP contribution in [0.3, 0.4) is 0 Å². The van der Waals surface area contributed by atoms with Crippen molar-refractivity contribution in [3.63, 3.8) is 0 Å². The third-order valence-electron chi connectivity index (χ3n) is 2.88. The van der Waals surface area contributed by atoms with E-state index in [2.05, 4.69) is 13.8 Å². The van der Waals surface area contributed by atoms with E-state index < -0.39 is 0 Å². The maximum Gasteiger partial charge on any atom is 0.146 e.